The number of rotatable bonds is 14. The van der Waals surface area contributed by atoms with E-state index >= 15 is 0 Å². The molecule has 4 N–H and O–H groups in total. The van der Waals surface area contributed by atoms with E-state index in [2.05, 4.69) is 27.8 Å². The van der Waals surface area contributed by atoms with Crippen molar-refractivity contribution in [1.29, 1.82) is 0 Å². The second-order valence-electron chi connectivity index (χ2n) is 16.4. The number of piperidine rings is 1. The van der Waals surface area contributed by atoms with Crippen molar-refractivity contribution in [2.45, 2.75) is 116 Å². The number of hydrogen-bond acceptors (Lipinski definition) is 7. The first kappa shape index (κ1) is 39.6. The summed E-state index contributed by atoms with van der Waals surface area (Å²) in [6.07, 6.45) is 0.592. The van der Waals surface area contributed by atoms with Crippen LogP contribution in [-0.4, -0.2) is 97.3 Å². The molecule has 1 saturated heterocycles. The maximum atomic E-state index is 14.4. The number of halogens is 3. The van der Waals surface area contributed by atoms with Gasteiger partial charge >= 0.3 is 12.2 Å². The number of carbonyl (C=O) groups is 5. The van der Waals surface area contributed by atoms with Crippen LogP contribution in [0.15, 0.2) is 12.7 Å². The largest absolute Gasteiger partial charge is 0.402 e. The van der Waals surface area contributed by atoms with E-state index in [1.165, 1.54) is 11.0 Å². The Morgan fingerprint density at radius 3 is 2.16 bits per heavy atom. The van der Waals surface area contributed by atoms with Crippen LogP contribution >= 0.6 is 0 Å². The fourth-order valence-corrected chi connectivity index (χ4v) is 9.68. The molecule has 0 aromatic heterocycles. The van der Waals surface area contributed by atoms with Crippen LogP contribution in [0.3, 0.4) is 0 Å². The minimum Gasteiger partial charge on any atom is -0.346 e. The third-order valence-electron chi connectivity index (χ3n) is 10.7. The van der Waals surface area contributed by atoms with E-state index in [1.807, 2.05) is 13.8 Å². The Hall–Kier alpha value is -3.17. The van der Waals surface area contributed by atoms with Crippen molar-refractivity contribution in [3.8, 4) is 0 Å². The first-order valence-electron chi connectivity index (χ1n) is 17.4. The van der Waals surface area contributed by atoms with E-state index in [-0.39, 0.29) is 55.5 Å². The highest BCUT2D eigenvalue weighted by atomic mass is 32.2. The highest BCUT2D eigenvalue weighted by Gasteiger charge is 2.70. The van der Waals surface area contributed by atoms with Gasteiger partial charge < -0.3 is 26.2 Å². The van der Waals surface area contributed by atoms with Crippen LogP contribution in [-0.2, 0) is 29.0 Å². The van der Waals surface area contributed by atoms with Crippen LogP contribution in [0.1, 0.15) is 86.0 Å². The SMILES string of the molecule is C=CCNC(=O)C(=O)C(CC1CC1)NC(=O)[C@@H]1[C@@H]2[C@H](CN1C(=O)[C@@H](NC(=O)NC1(CS(=O)(=O)CC(F)(F)F)CCCCC1)C(C)(C)C)C2(C)C. The lowest BCUT2D eigenvalue weighted by Gasteiger charge is -2.40. The van der Waals surface area contributed by atoms with Crippen molar-refractivity contribution >= 4 is 39.4 Å². The Kier molecular flexibility index (Phi) is 11.5. The Labute approximate surface area is 292 Å². The average molecular weight is 732 g/mol. The lowest BCUT2D eigenvalue weighted by atomic mass is 9.83. The smallest absolute Gasteiger partial charge is 0.346 e. The number of fused-ring (bicyclic) bond motifs is 1. The van der Waals surface area contributed by atoms with E-state index in [4.69, 9.17) is 0 Å². The molecule has 4 fully saturated rings. The quantitative estimate of drug-likeness (QED) is 0.157. The molecule has 0 aromatic carbocycles. The van der Waals surface area contributed by atoms with Gasteiger partial charge in [0.1, 0.15) is 17.8 Å². The number of ketones is 1. The summed E-state index contributed by atoms with van der Waals surface area (Å²) < 4.78 is 64.3. The second-order valence-corrected chi connectivity index (χ2v) is 18.4. The van der Waals surface area contributed by atoms with Crippen molar-refractivity contribution < 1.29 is 45.6 Å². The summed E-state index contributed by atoms with van der Waals surface area (Å²) in [5.41, 5.74) is -2.64. The molecule has 1 unspecified atom stereocenters. The van der Waals surface area contributed by atoms with Crippen LogP contribution < -0.4 is 21.3 Å². The zero-order chi connectivity index (χ0) is 37.4. The Bertz CT molecular complexity index is 1470. The van der Waals surface area contributed by atoms with Gasteiger partial charge in [0.25, 0.3) is 5.91 Å². The standard InChI is InChI=1S/C34H52F3N5O7S/c1-7-15-38-28(45)25(43)22(16-20-11-12-20)39-27(44)24-23-21(32(23,5)6)17-42(24)29(46)26(31(2,3)4)40-30(47)41-33(13-9-8-10-14-33)18-50(48,49)19-34(35,36)37/h7,20-24,26H,1,8-19H2,2-6H3,(H,38,45)(H,39,44)(H2,40,41,47)/t21-,22?,23-,24-,26+/m0/s1. The van der Waals surface area contributed by atoms with E-state index in [1.54, 1.807) is 20.8 Å². The van der Waals surface area contributed by atoms with Gasteiger partial charge in [0.2, 0.25) is 17.6 Å². The molecule has 50 heavy (non-hydrogen) atoms. The number of urea groups is 1. The number of amides is 5. The monoisotopic (exact) mass is 731 g/mol. The van der Waals surface area contributed by atoms with Crippen molar-refractivity contribution in [2.75, 3.05) is 24.6 Å². The lowest BCUT2D eigenvalue weighted by Crippen LogP contribution is -2.64. The molecule has 0 spiro atoms. The number of alkyl halides is 3. The molecule has 12 nitrogen and oxygen atoms in total. The molecule has 0 bridgehead atoms. The molecule has 282 valence electrons. The Morgan fingerprint density at radius 1 is 1.00 bits per heavy atom. The molecule has 0 aromatic rings. The number of carbonyl (C=O) groups excluding carboxylic acids is 5. The van der Waals surface area contributed by atoms with Gasteiger partial charge in [0.15, 0.2) is 9.84 Å². The molecule has 5 amide bonds. The number of likely N-dealkylation sites (tertiary alicyclic amines) is 1. The predicted octanol–water partition coefficient (Wildman–Crippen LogP) is 3.02. The van der Waals surface area contributed by atoms with Gasteiger partial charge in [-0.3, -0.25) is 19.2 Å². The molecule has 5 atom stereocenters. The van der Waals surface area contributed by atoms with Crippen molar-refractivity contribution in [3.05, 3.63) is 12.7 Å². The Morgan fingerprint density at radius 2 is 1.62 bits per heavy atom. The van der Waals surface area contributed by atoms with Crippen LogP contribution in [0, 0.1) is 28.6 Å². The van der Waals surface area contributed by atoms with Gasteiger partial charge in [0, 0.05) is 13.1 Å². The van der Waals surface area contributed by atoms with E-state index in [0.29, 0.717) is 12.8 Å². The first-order chi connectivity index (χ1) is 23.0. The summed E-state index contributed by atoms with van der Waals surface area (Å²) in [4.78, 5) is 69.0. The highest BCUT2D eigenvalue weighted by molar-refractivity contribution is 7.91. The molecule has 3 saturated carbocycles. The molecule has 16 heteroatoms. The molecule has 1 aliphatic heterocycles. The van der Waals surface area contributed by atoms with Crippen LogP contribution in [0.2, 0.25) is 0 Å². The molecule has 4 rings (SSSR count). The average Bonchev–Trinajstić information content (AvgIpc) is 3.83. The molecular weight excluding hydrogens is 679 g/mol. The van der Waals surface area contributed by atoms with Crippen molar-refractivity contribution in [2.24, 2.45) is 28.6 Å². The van der Waals surface area contributed by atoms with Gasteiger partial charge in [-0.2, -0.15) is 13.2 Å². The van der Waals surface area contributed by atoms with Crippen LogP contribution in [0.4, 0.5) is 18.0 Å². The summed E-state index contributed by atoms with van der Waals surface area (Å²) in [5.74, 6) is -5.73. The minimum absolute atomic E-state index is 0.0329. The normalized spacial score (nSPS) is 25.4. The lowest BCUT2D eigenvalue weighted by molar-refractivity contribution is -0.145. The summed E-state index contributed by atoms with van der Waals surface area (Å²) in [6.45, 7) is 12.9. The van der Waals surface area contributed by atoms with Gasteiger partial charge in [-0.1, -0.05) is 72.8 Å². The molecule has 4 aliphatic rings. The Balaban J connectivity index is 1.54. The summed E-state index contributed by atoms with van der Waals surface area (Å²) >= 11 is 0. The first-order valence-corrected chi connectivity index (χ1v) is 19.2. The van der Waals surface area contributed by atoms with Gasteiger partial charge in [0.05, 0.1) is 17.3 Å². The summed E-state index contributed by atoms with van der Waals surface area (Å²) in [6, 6.07) is -4.17. The third kappa shape index (κ3) is 9.58. The van der Waals surface area contributed by atoms with Crippen LogP contribution in [0.5, 0.6) is 0 Å². The van der Waals surface area contributed by atoms with E-state index in [0.717, 1.165) is 19.3 Å². The maximum Gasteiger partial charge on any atom is 0.402 e. The third-order valence-corrected chi connectivity index (χ3v) is 12.5. The highest BCUT2D eigenvalue weighted by Crippen LogP contribution is 2.65. The summed E-state index contributed by atoms with van der Waals surface area (Å²) in [7, 11) is -4.63. The van der Waals surface area contributed by atoms with Gasteiger partial charge in [-0.05, 0) is 47.8 Å². The van der Waals surface area contributed by atoms with E-state index < -0.39 is 86.1 Å². The number of nitrogens with zero attached hydrogens (tertiary/aromatic N) is 1. The number of sulfone groups is 1. The number of hydrogen-bond donors (Lipinski definition) is 4. The number of Topliss-reactive ketones (excluding diaryl/α,β-unsaturated/α-hetero) is 1. The zero-order valence-corrected chi connectivity index (χ0v) is 30.4. The second kappa shape index (κ2) is 14.5. The van der Waals surface area contributed by atoms with Gasteiger partial charge in [-0.15, -0.1) is 6.58 Å². The predicted molar refractivity (Wildman–Crippen MR) is 179 cm³/mol. The van der Waals surface area contributed by atoms with Crippen molar-refractivity contribution in [3.63, 3.8) is 0 Å². The van der Waals surface area contributed by atoms with Gasteiger partial charge in [-0.25, -0.2) is 13.2 Å². The van der Waals surface area contributed by atoms with E-state index in [9.17, 15) is 45.6 Å². The minimum atomic E-state index is -4.93. The van der Waals surface area contributed by atoms with Crippen molar-refractivity contribution in [1.82, 2.24) is 26.2 Å². The topological polar surface area (TPSA) is 171 Å². The molecule has 0 radical (unpaired) electrons. The zero-order valence-electron chi connectivity index (χ0n) is 29.6. The fourth-order valence-electron chi connectivity index (χ4n) is 7.88. The molecule has 3 aliphatic carbocycles. The molecule has 1 heterocycles. The fraction of sp³-hybridized carbons (Fsp3) is 0.794. The number of nitrogens with one attached hydrogen (secondary N) is 4. The molecular formula is C34H52F3N5O7S. The maximum absolute atomic E-state index is 14.4. The summed E-state index contributed by atoms with van der Waals surface area (Å²) in [5, 5.41) is 10.6. The van der Waals surface area contributed by atoms with Crippen LogP contribution in [0.25, 0.3) is 0 Å².